The SMILES string of the molecule is CCCOC(=O)c1ccc(NC(=O)C2CCCCN2CCC)cc1. The van der Waals surface area contributed by atoms with E-state index in [1.807, 2.05) is 6.92 Å². The first kappa shape index (κ1) is 18.5. The fourth-order valence-corrected chi connectivity index (χ4v) is 3.04. The Morgan fingerprint density at radius 1 is 1.17 bits per heavy atom. The number of likely N-dealkylation sites (tertiary alicyclic amines) is 1. The summed E-state index contributed by atoms with van der Waals surface area (Å²) in [6.45, 7) is 6.47. The normalized spacial score (nSPS) is 18.2. The van der Waals surface area contributed by atoms with Gasteiger partial charge < -0.3 is 10.1 Å². The highest BCUT2D eigenvalue weighted by Crippen LogP contribution is 2.19. The van der Waals surface area contributed by atoms with E-state index in [4.69, 9.17) is 4.74 Å². The molecule has 0 radical (unpaired) electrons. The summed E-state index contributed by atoms with van der Waals surface area (Å²) in [4.78, 5) is 26.6. The van der Waals surface area contributed by atoms with Crippen LogP contribution >= 0.6 is 0 Å². The van der Waals surface area contributed by atoms with E-state index >= 15 is 0 Å². The Balaban J connectivity index is 1.94. The first-order valence-electron chi connectivity index (χ1n) is 8.97. The van der Waals surface area contributed by atoms with Crippen molar-refractivity contribution >= 4 is 17.6 Å². The lowest BCUT2D eigenvalue weighted by Gasteiger charge is -2.34. The molecule has 0 saturated carbocycles. The maximum atomic E-state index is 12.6. The second-order valence-corrected chi connectivity index (χ2v) is 6.25. The summed E-state index contributed by atoms with van der Waals surface area (Å²) in [6, 6.07) is 6.85. The van der Waals surface area contributed by atoms with Crippen LogP contribution in [0.25, 0.3) is 0 Å². The molecule has 1 saturated heterocycles. The maximum Gasteiger partial charge on any atom is 0.338 e. The molecule has 1 aromatic rings. The monoisotopic (exact) mass is 332 g/mol. The third-order valence-electron chi connectivity index (χ3n) is 4.25. The zero-order valence-corrected chi connectivity index (χ0v) is 14.7. The average molecular weight is 332 g/mol. The number of nitrogens with zero attached hydrogens (tertiary/aromatic N) is 1. The molecule has 132 valence electrons. The molecular weight excluding hydrogens is 304 g/mol. The van der Waals surface area contributed by atoms with Crippen molar-refractivity contribution in [3.05, 3.63) is 29.8 Å². The molecule has 0 aromatic heterocycles. The zero-order chi connectivity index (χ0) is 17.4. The largest absolute Gasteiger partial charge is 0.462 e. The van der Waals surface area contributed by atoms with Crippen LogP contribution in [0.3, 0.4) is 0 Å². The van der Waals surface area contributed by atoms with E-state index in [1.165, 1.54) is 6.42 Å². The fraction of sp³-hybridized carbons (Fsp3) is 0.579. The van der Waals surface area contributed by atoms with Gasteiger partial charge in [0.2, 0.25) is 5.91 Å². The Labute approximate surface area is 144 Å². The van der Waals surface area contributed by atoms with Crippen LogP contribution in [-0.2, 0) is 9.53 Å². The van der Waals surface area contributed by atoms with Crippen molar-refractivity contribution < 1.29 is 14.3 Å². The molecule has 1 aliphatic rings. The second kappa shape index (κ2) is 9.42. The smallest absolute Gasteiger partial charge is 0.338 e. The number of rotatable bonds is 7. The number of carbonyl (C=O) groups is 2. The molecule has 5 nitrogen and oxygen atoms in total. The van der Waals surface area contributed by atoms with Gasteiger partial charge in [-0.15, -0.1) is 0 Å². The summed E-state index contributed by atoms with van der Waals surface area (Å²) in [7, 11) is 0. The van der Waals surface area contributed by atoms with Crippen LogP contribution in [0.1, 0.15) is 56.3 Å². The van der Waals surface area contributed by atoms with Crippen LogP contribution in [0.15, 0.2) is 24.3 Å². The number of carbonyl (C=O) groups excluding carboxylic acids is 2. The van der Waals surface area contributed by atoms with Gasteiger partial charge in [0.15, 0.2) is 0 Å². The minimum absolute atomic E-state index is 0.0458. The van der Waals surface area contributed by atoms with Crippen LogP contribution in [0, 0.1) is 0 Å². The summed E-state index contributed by atoms with van der Waals surface area (Å²) >= 11 is 0. The molecule has 1 fully saturated rings. The van der Waals surface area contributed by atoms with Crippen LogP contribution < -0.4 is 5.32 Å². The van der Waals surface area contributed by atoms with Crippen LogP contribution in [0.5, 0.6) is 0 Å². The standard InChI is InChI=1S/C19H28N2O3/c1-3-12-21-13-6-5-7-17(21)18(22)20-16-10-8-15(9-11-16)19(23)24-14-4-2/h8-11,17H,3-7,12-14H2,1-2H3,(H,20,22). The first-order chi connectivity index (χ1) is 11.7. The van der Waals surface area contributed by atoms with Crippen molar-refractivity contribution in [3.8, 4) is 0 Å². The number of esters is 1. The van der Waals surface area contributed by atoms with Crippen molar-refractivity contribution in [1.82, 2.24) is 4.90 Å². The van der Waals surface area contributed by atoms with Gasteiger partial charge in [-0.3, -0.25) is 9.69 Å². The van der Waals surface area contributed by atoms with Crippen molar-refractivity contribution in [2.75, 3.05) is 25.0 Å². The van der Waals surface area contributed by atoms with Crippen molar-refractivity contribution in [3.63, 3.8) is 0 Å². The molecule has 0 spiro atoms. The summed E-state index contributed by atoms with van der Waals surface area (Å²) < 4.78 is 5.10. The third-order valence-corrected chi connectivity index (χ3v) is 4.25. The lowest BCUT2D eigenvalue weighted by atomic mass is 10.0. The van der Waals surface area contributed by atoms with Gasteiger partial charge in [-0.25, -0.2) is 4.79 Å². The van der Waals surface area contributed by atoms with Gasteiger partial charge in [0.05, 0.1) is 18.2 Å². The fourth-order valence-electron chi connectivity index (χ4n) is 3.04. The van der Waals surface area contributed by atoms with Crippen LogP contribution in [0.2, 0.25) is 0 Å². The molecule has 24 heavy (non-hydrogen) atoms. The summed E-state index contributed by atoms with van der Waals surface area (Å²) in [5, 5.41) is 2.98. The highest BCUT2D eigenvalue weighted by Gasteiger charge is 2.27. The molecule has 1 N–H and O–H groups in total. The van der Waals surface area contributed by atoms with E-state index in [0.29, 0.717) is 17.9 Å². The van der Waals surface area contributed by atoms with Gasteiger partial charge >= 0.3 is 5.97 Å². The molecule has 1 heterocycles. The van der Waals surface area contributed by atoms with E-state index < -0.39 is 0 Å². The molecule has 2 rings (SSSR count). The number of anilines is 1. The lowest BCUT2D eigenvalue weighted by molar-refractivity contribution is -0.122. The van der Waals surface area contributed by atoms with E-state index in [0.717, 1.165) is 38.8 Å². The molecule has 1 atom stereocenters. The van der Waals surface area contributed by atoms with Crippen LogP contribution in [0.4, 0.5) is 5.69 Å². The van der Waals surface area contributed by atoms with Crippen LogP contribution in [-0.4, -0.2) is 42.5 Å². The Morgan fingerprint density at radius 2 is 1.92 bits per heavy atom. The van der Waals surface area contributed by atoms with E-state index in [1.54, 1.807) is 24.3 Å². The van der Waals surface area contributed by atoms with Crippen molar-refractivity contribution in [1.29, 1.82) is 0 Å². The quantitative estimate of drug-likeness (QED) is 0.777. The minimum Gasteiger partial charge on any atom is -0.462 e. The zero-order valence-electron chi connectivity index (χ0n) is 14.7. The van der Waals surface area contributed by atoms with Gasteiger partial charge in [0, 0.05) is 5.69 Å². The number of hydrogen-bond donors (Lipinski definition) is 1. The number of amides is 1. The molecule has 0 aliphatic carbocycles. The molecular formula is C19H28N2O3. The summed E-state index contributed by atoms with van der Waals surface area (Å²) in [5.74, 6) is -0.277. The predicted molar refractivity (Wildman–Crippen MR) is 95.1 cm³/mol. The molecule has 1 unspecified atom stereocenters. The van der Waals surface area contributed by atoms with E-state index in [-0.39, 0.29) is 17.9 Å². The molecule has 1 amide bonds. The number of ether oxygens (including phenoxy) is 1. The number of hydrogen-bond acceptors (Lipinski definition) is 4. The molecule has 1 aliphatic heterocycles. The predicted octanol–water partition coefficient (Wildman–Crippen LogP) is 3.46. The number of benzene rings is 1. The minimum atomic E-state index is -0.323. The van der Waals surface area contributed by atoms with Gasteiger partial charge in [-0.1, -0.05) is 20.3 Å². The Kier molecular flexibility index (Phi) is 7.25. The Bertz CT molecular complexity index is 540. The molecule has 0 bridgehead atoms. The summed E-state index contributed by atoms with van der Waals surface area (Å²) in [5.41, 5.74) is 1.22. The maximum absolute atomic E-state index is 12.6. The average Bonchev–Trinajstić information content (AvgIpc) is 2.61. The van der Waals surface area contributed by atoms with Crippen molar-refractivity contribution in [2.24, 2.45) is 0 Å². The first-order valence-corrected chi connectivity index (χ1v) is 8.97. The number of piperidine rings is 1. The van der Waals surface area contributed by atoms with Gasteiger partial charge in [-0.05, 0) is 63.0 Å². The van der Waals surface area contributed by atoms with E-state index in [9.17, 15) is 9.59 Å². The molecule has 5 heteroatoms. The Morgan fingerprint density at radius 3 is 2.58 bits per heavy atom. The third kappa shape index (κ3) is 5.06. The van der Waals surface area contributed by atoms with Gasteiger partial charge in [0.1, 0.15) is 0 Å². The van der Waals surface area contributed by atoms with Gasteiger partial charge in [0.25, 0.3) is 0 Å². The highest BCUT2D eigenvalue weighted by atomic mass is 16.5. The lowest BCUT2D eigenvalue weighted by Crippen LogP contribution is -2.47. The van der Waals surface area contributed by atoms with Crippen molar-refractivity contribution in [2.45, 2.75) is 52.0 Å². The van der Waals surface area contributed by atoms with E-state index in [2.05, 4.69) is 17.1 Å². The number of nitrogens with one attached hydrogen (secondary N) is 1. The Hall–Kier alpha value is -1.88. The topological polar surface area (TPSA) is 58.6 Å². The second-order valence-electron chi connectivity index (χ2n) is 6.25. The summed E-state index contributed by atoms with van der Waals surface area (Å²) in [6.07, 6.45) is 5.03. The highest BCUT2D eigenvalue weighted by molar-refractivity contribution is 5.96. The van der Waals surface area contributed by atoms with Gasteiger partial charge in [-0.2, -0.15) is 0 Å². The molecule has 1 aromatic carbocycles.